The van der Waals surface area contributed by atoms with Gasteiger partial charge in [-0.2, -0.15) is 0 Å². The van der Waals surface area contributed by atoms with Crippen molar-refractivity contribution in [3.05, 3.63) is 0 Å². The van der Waals surface area contributed by atoms with E-state index in [2.05, 4.69) is 29.2 Å². The molecule has 2 fully saturated rings. The molecule has 0 radical (unpaired) electrons. The van der Waals surface area contributed by atoms with Gasteiger partial charge in [-0.15, -0.1) is 0 Å². The third-order valence-electron chi connectivity index (χ3n) is 4.19. The van der Waals surface area contributed by atoms with Crippen LogP contribution in [0.25, 0.3) is 0 Å². The molecule has 1 heterocycles. The largest absolute Gasteiger partial charge is 0.363 e. The van der Waals surface area contributed by atoms with Gasteiger partial charge in [0.05, 0.1) is 6.54 Å². The summed E-state index contributed by atoms with van der Waals surface area (Å²) in [5.41, 5.74) is 0. The van der Waals surface area contributed by atoms with Gasteiger partial charge in [-0.25, -0.2) is 0 Å². The fourth-order valence-electron chi connectivity index (χ4n) is 2.42. The van der Waals surface area contributed by atoms with Crippen molar-refractivity contribution in [2.75, 3.05) is 20.1 Å². The Morgan fingerprint density at radius 3 is 2.82 bits per heavy atom. The number of hydrogen-bond donors (Lipinski definition) is 1. The molecule has 4 heteroatoms. The second kappa shape index (κ2) is 4.81. The molecule has 0 bridgehead atoms. The van der Waals surface area contributed by atoms with Crippen LogP contribution in [0.2, 0.25) is 0 Å². The Morgan fingerprint density at radius 1 is 1.41 bits per heavy atom. The molecule has 3 aliphatic rings. The van der Waals surface area contributed by atoms with E-state index >= 15 is 0 Å². The van der Waals surface area contributed by atoms with Gasteiger partial charge in [-0.1, -0.05) is 11.8 Å². The Morgan fingerprint density at radius 2 is 2.18 bits per heavy atom. The molecule has 0 amide bonds. The minimum Gasteiger partial charge on any atom is -0.363 e. The first-order valence-electron chi connectivity index (χ1n) is 6.91. The van der Waals surface area contributed by atoms with Gasteiger partial charge < -0.3 is 5.32 Å². The first-order valence-corrected chi connectivity index (χ1v) is 7.79. The van der Waals surface area contributed by atoms with Gasteiger partial charge in [0, 0.05) is 23.9 Å². The second-order valence-electron chi connectivity index (χ2n) is 5.77. The predicted molar refractivity (Wildman–Crippen MR) is 74.7 cm³/mol. The lowest BCUT2D eigenvalue weighted by molar-refractivity contribution is 0.248. The topological polar surface area (TPSA) is 27.6 Å². The highest BCUT2D eigenvalue weighted by molar-refractivity contribution is 8.14. The summed E-state index contributed by atoms with van der Waals surface area (Å²) >= 11 is 1.98. The van der Waals surface area contributed by atoms with Crippen molar-refractivity contribution in [1.82, 2.24) is 10.2 Å². The molecule has 96 valence electrons. The number of likely N-dealkylation sites (N-methyl/N-ethyl adjacent to an activating group) is 1. The molecule has 0 aromatic carbocycles. The quantitative estimate of drug-likeness (QED) is 0.811. The Hall–Kier alpha value is -0.220. The van der Waals surface area contributed by atoms with Crippen LogP contribution in [0.5, 0.6) is 0 Å². The van der Waals surface area contributed by atoms with E-state index in [1.807, 2.05) is 11.8 Å². The molecular formula is C13H23N3S. The maximum Gasteiger partial charge on any atom is 0.156 e. The van der Waals surface area contributed by atoms with Gasteiger partial charge in [0.15, 0.2) is 5.17 Å². The van der Waals surface area contributed by atoms with E-state index in [-0.39, 0.29) is 0 Å². The molecule has 2 saturated carbocycles. The lowest BCUT2D eigenvalue weighted by Gasteiger charge is -2.24. The first-order chi connectivity index (χ1) is 8.24. The molecule has 0 aromatic rings. The molecule has 1 aliphatic heterocycles. The highest BCUT2D eigenvalue weighted by atomic mass is 32.2. The molecule has 2 aliphatic carbocycles. The number of amidine groups is 1. The fraction of sp³-hybridized carbons (Fsp3) is 0.923. The molecule has 0 spiro atoms. The zero-order valence-corrected chi connectivity index (χ0v) is 11.7. The van der Waals surface area contributed by atoms with Crippen molar-refractivity contribution < 1.29 is 0 Å². The van der Waals surface area contributed by atoms with E-state index in [1.165, 1.54) is 30.9 Å². The molecule has 3 rings (SSSR count). The molecule has 3 nitrogen and oxygen atoms in total. The van der Waals surface area contributed by atoms with Crippen LogP contribution < -0.4 is 5.32 Å². The predicted octanol–water partition coefficient (Wildman–Crippen LogP) is 1.94. The van der Waals surface area contributed by atoms with Crippen molar-refractivity contribution in [2.45, 2.75) is 49.9 Å². The van der Waals surface area contributed by atoms with Gasteiger partial charge in [-0.3, -0.25) is 9.89 Å². The summed E-state index contributed by atoms with van der Waals surface area (Å²) in [5.74, 6) is 0.967. The van der Waals surface area contributed by atoms with Crippen molar-refractivity contribution in [3.8, 4) is 0 Å². The van der Waals surface area contributed by atoms with Gasteiger partial charge in [-0.05, 0) is 45.6 Å². The van der Waals surface area contributed by atoms with E-state index in [1.54, 1.807) is 0 Å². The molecule has 2 atom stereocenters. The smallest absolute Gasteiger partial charge is 0.156 e. The Balaban J connectivity index is 1.38. The zero-order valence-electron chi connectivity index (χ0n) is 10.9. The molecule has 0 aromatic heterocycles. The summed E-state index contributed by atoms with van der Waals surface area (Å²) < 4.78 is 0. The maximum absolute atomic E-state index is 4.62. The number of aliphatic imine (C=N–C) groups is 1. The summed E-state index contributed by atoms with van der Waals surface area (Å²) in [4.78, 5) is 7.13. The fourth-order valence-corrected chi connectivity index (χ4v) is 3.64. The Labute approximate surface area is 108 Å². The minimum atomic E-state index is 0.616. The number of hydrogen-bond acceptors (Lipinski definition) is 4. The minimum absolute atomic E-state index is 0.616. The van der Waals surface area contributed by atoms with Crippen LogP contribution in [0, 0.1) is 5.92 Å². The van der Waals surface area contributed by atoms with Gasteiger partial charge >= 0.3 is 0 Å². The second-order valence-corrected chi connectivity index (χ2v) is 6.99. The average Bonchev–Trinajstić information content (AvgIpc) is 3.23. The van der Waals surface area contributed by atoms with Gasteiger partial charge in [0.2, 0.25) is 0 Å². The van der Waals surface area contributed by atoms with E-state index in [0.717, 1.165) is 30.3 Å². The summed E-state index contributed by atoms with van der Waals surface area (Å²) in [7, 11) is 2.25. The highest BCUT2D eigenvalue weighted by Gasteiger charge is 2.35. The SMILES string of the molecule is CC(CNC1=NCC(C2CC2)S1)N(C)C1CC1. The van der Waals surface area contributed by atoms with Crippen LogP contribution in [0.15, 0.2) is 4.99 Å². The first kappa shape index (κ1) is 11.8. The molecule has 2 unspecified atom stereocenters. The monoisotopic (exact) mass is 253 g/mol. The zero-order chi connectivity index (χ0) is 11.8. The van der Waals surface area contributed by atoms with Gasteiger partial charge in [0.25, 0.3) is 0 Å². The van der Waals surface area contributed by atoms with Gasteiger partial charge in [0.1, 0.15) is 0 Å². The summed E-state index contributed by atoms with van der Waals surface area (Å²) in [6.45, 7) is 4.39. The van der Waals surface area contributed by atoms with Crippen molar-refractivity contribution >= 4 is 16.9 Å². The number of nitrogens with zero attached hydrogens (tertiary/aromatic N) is 2. The highest BCUT2D eigenvalue weighted by Crippen LogP contribution is 2.41. The molecule has 0 saturated heterocycles. The van der Waals surface area contributed by atoms with Crippen LogP contribution in [0.1, 0.15) is 32.6 Å². The average molecular weight is 253 g/mol. The van der Waals surface area contributed by atoms with Crippen molar-refractivity contribution in [2.24, 2.45) is 10.9 Å². The number of nitrogens with one attached hydrogen (secondary N) is 1. The summed E-state index contributed by atoms with van der Waals surface area (Å²) in [6, 6.07) is 1.47. The Bertz CT molecular complexity index is 310. The normalized spacial score (nSPS) is 30.5. The third kappa shape index (κ3) is 2.97. The van der Waals surface area contributed by atoms with Crippen LogP contribution in [0.4, 0.5) is 0 Å². The molecule has 17 heavy (non-hydrogen) atoms. The maximum atomic E-state index is 4.62. The number of rotatable bonds is 5. The van der Waals surface area contributed by atoms with Crippen LogP contribution in [-0.4, -0.2) is 47.5 Å². The van der Waals surface area contributed by atoms with E-state index in [9.17, 15) is 0 Å². The molecule has 1 N–H and O–H groups in total. The van der Waals surface area contributed by atoms with E-state index in [0.29, 0.717) is 6.04 Å². The standard InChI is InChI=1S/C13H23N3S/c1-9(16(2)11-5-6-11)7-14-13-15-8-12(17-13)10-3-4-10/h9-12H,3-8H2,1-2H3,(H,14,15). The van der Waals surface area contributed by atoms with Crippen LogP contribution in [0.3, 0.4) is 0 Å². The Kier molecular flexibility index (Phi) is 3.35. The lowest BCUT2D eigenvalue weighted by Crippen LogP contribution is -2.40. The van der Waals surface area contributed by atoms with Crippen molar-refractivity contribution in [3.63, 3.8) is 0 Å². The summed E-state index contributed by atoms with van der Waals surface area (Å²) in [5, 5.41) is 5.51. The van der Waals surface area contributed by atoms with Crippen LogP contribution >= 0.6 is 11.8 Å². The summed E-state index contributed by atoms with van der Waals surface area (Å²) in [6.07, 6.45) is 5.64. The number of thioether (sulfide) groups is 1. The van der Waals surface area contributed by atoms with E-state index in [4.69, 9.17) is 0 Å². The van der Waals surface area contributed by atoms with E-state index < -0.39 is 0 Å². The lowest BCUT2D eigenvalue weighted by atomic mass is 10.3. The third-order valence-corrected chi connectivity index (χ3v) is 5.53. The van der Waals surface area contributed by atoms with Crippen molar-refractivity contribution in [1.29, 1.82) is 0 Å². The molecular weight excluding hydrogens is 230 g/mol. The van der Waals surface area contributed by atoms with Crippen LogP contribution in [-0.2, 0) is 0 Å².